The summed E-state index contributed by atoms with van der Waals surface area (Å²) < 4.78 is 39.7. The molecule has 0 fully saturated rings. The zero-order valence-corrected chi connectivity index (χ0v) is 13.9. The third-order valence-corrected chi connectivity index (χ3v) is 3.78. The van der Waals surface area contributed by atoms with E-state index in [-0.39, 0.29) is 12.0 Å². The molecule has 3 aromatic heterocycles. The number of rotatable bonds is 4. The van der Waals surface area contributed by atoms with Gasteiger partial charge in [-0.2, -0.15) is 27.8 Å². The molecule has 1 unspecified atom stereocenters. The largest absolute Gasteiger partial charge is 0.417 e. The number of fused-ring (bicyclic) bond motifs is 1. The van der Waals surface area contributed by atoms with Gasteiger partial charge in [-0.3, -0.25) is 4.98 Å². The van der Waals surface area contributed by atoms with E-state index in [1.165, 1.54) is 12.4 Å². The zero-order valence-electron chi connectivity index (χ0n) is 13.9. The minimum atomic E-state index is -4.40. The van der Waals surface area contributed by atoms with Crippen molar-refractivity contribution in [3.8, 4) is 0 Å². The lowest BCUT2D eigenvalue weighted by molar-refractivity contribution is -0.137. The molecule has 0 aliphatic heterocycles. The summed E-state index contributed by atoms with van der Waals surface area (Å²) in [5.41, 5.74) is 0.508. The number of nitrogens with zero attached hydrogens (tertiary/aromatic N) is 5. The van der Waals surface area contributed by atoms with Crippen LogP contribution in [0.25, 0.3) is 5.78 Å². The minimum absolute atomic E-state index is 0.0799. The molecule has 0 radical (unpaired) electrons. The van der Waals surface area contributed by atoms with E-state index < -0.39 is 11.7 Å². The average Bonchev–Trinajstić information content (AvgIpc) is 2.99. The second kappa shape index (κ2) is 6.30. The maximum absolute atomic E-state index is 12.7. The number of pyridine rings is 1. The maximum atomic E-state index is 12.7. The number of aromatic nitrogens is 5. The molecule has 6 nitrogen and oxygen atoms in total. The fraction of sp³-hybridized carbons (Fsp3) is 0.375. The molecule has 0 bridgehead atoms. The number of anilines is 1. The van der Waals surface area contributed by atoms with Gasteiger partial charge in [0.15, 0.2) is 0 Å². The van der Waals surface area contributed by atoms with Crippen molar-refractivity contribution in [3.63, 3.8) is 0 Å². The molecule has 3 rings (SSSR count). The van der Waals surface area contributed by atoms with Gasteiger partial charge >= 0.3 is 6.18 Å². The van der Waals surface area contributed by atoms with Gasteiger partial charge in [0.05, 0.1) is 17.3 Å². The van der Waals surface area contributed by atoms with Crippen LogP contribution in [0.2, 0.25) is 0 Å². The summed E-state index contributed by atoms with van der Waals surface area (Å²) in [6.45, 7) is 5.76. The fourth-order valence-corrected chi connectivity index (χ4v) is 2.53. The molecule has 3 aromatic rings. The second-order valence-electron chi connectivity index (χ2n) is 6.09. The lowest BCUT2D eigenvalue weighted by Gasteiger charge is -2.23. The van der Waals surface area contributed by atoms with Crippen molar-refractivity contribution < 1.29 is 13.2 Å². The summed E-state index contributed by atoms with van der Waals surface area (Å²) in [6, 6.07) is 3.95. The highest BCUT2D eigenvalue weighted by Gasteiger charge is 2.31. The van der Waals surface area contributed by atoms with E-state index in [1.807, 2.05) is 20.8 Å². The monoisotopic (exact) mass is 350 g/mol. The van der Waals surface area contributed by atoms with E-state index >= 15 is 0 Å². The van der Waals surface area contributed by atoms with E-state index in [1.54, 1.807) is 10.6 Å². The number of hydrogen-bond donors (Lipinski definition) is 1. The van der Waals surface area contributed by atoms with Crippen LogP contribution in [-0.2, 0) is 6.18 Å². The molecule has 1 atom stereocenters. The summed E-state index contributed by atoms with van der Waals surface area (Å²) >= 11 is 0. The Morgan fingerprint density at radius 3 is 2.52 bits per heavy atom. The van der Waals surface area contributed by atoms with Crippen molar-refractivity contribution in [1.29, 1.82) is 0 Å². The van der Waals surface area contributed by atoms with E-state index in [0.717, 1.165) is 18.0 Å². The van der Waals surface area contributed by atoms with Crippen LogP contribution in [0.15, 0.2) is 30.7 Å². The summed E-state index contributed by atoms with van der Waals surface area (Å²) in [7, 11) is 0. The number of aryl methyl sites for hydroxylation is 1. The Morgan fingerprint density at radius 1 is 1.16 bits per heavy atom. The van der Waals surface area contributed by atoms with Gasteiger partial charge in [-0.1, -0.05) is 13.8 Å². The molecular formula is C16H17F3N6. The van der Waals surface area contributed by atoms with E-state index in [2.05, 4.69) is 25.4 Å². The van der Waals surface area contributed by atoms with Gasteiger partial charge in [-0.15, -0.1) is 0 Å². The molecule has 132 valence electrons. The Kier molecular flexibility index (Phi) is 4.32. The average molecular weight is 350 g/mol. The number of hydrogen-bond acceptors (Lipinski definition) is 5. The predicted octanol–water partition coefficient (Wildman–Crippen LogP) is 3.66. The Balaban J connectivity index is 1.95. The van der Waals surface area contributed by atoms with Crippen LogP contribution in [0.1, 0.15) is 36.8 Å². The SMILES string of the molecule is Cc1cc(NC(c2ccc(C(F)(F)F)cn2)C(C)C)n2ncnc2n1. The number of alkyl halides is 3. The van der Waals surface area contributed by atoms with Gasteiger partial charge in [0.2, 0.25) is 0 Å². The summed E-state index contributed by atoms with van der Waals surface area (Å²) in [5, 5.41) is 7.42. The first-order valence-corrected chi connectivity index (χ1v) is 7.73. The summed E-state index contributed by atoms with van der Waals surface area (Å²) in [5.74, 6) is 1.18. The number of halogens is 3. The van der Waals surface area contributed by atoms with E-state index in [9.17, 15) is 13.2 Å². The molecular weight excluding hydrogens is 333 g/mol. The van der Waals surface area contributed by atoms with Gasteiger partial charge in [0.25, 0.3) is 5.78 Å². The van der Waals surface area contributed by atoms with Crippen LogP contribution in [0.5, 0.6) is 0 Å². The molecule has 25 heavy (non-hydrogen) atoms. The molecule has 0 aromatic carbocycles. The summed E-state index contributed by atoms with van der Waals surface area (Å²) in [6.07, 6.45) is -2.15. The Labute approximate surface area is 142 Å². The van der Waals surface area contributed by atoms with Crippen LogP contribution < -0.4 is 5.32 Å². The molecule has 0 aliphatic rings. The van der Waals surface area contributed by atoms with Crippen molar-refractivity contribution in [1.82, 2.24) is 24.6 Å². The third kappa shape index (κ3) is 3.54. The van der Waals surface area contributed by atoms with Crippen molar-refractivity contribution in [2.24, 2.45) is 5.92 Å². The topological polar surface area (TPSA) is 68.0 Å². The van der Waals surface area contributed by atoms with Gasteiger partial charge in [-0.05, 0) is 25.0 Å². The molecule has 0 aliphatic carbocycles. The first-order valence-electron chi connectivity index (χ1n) is 7.73. The van der Waals surface area contributed by atoms with E-state index in [0.29, 0.717) is 17.3 Å². The highest BCUT2D eigenvalue weighted by Crippen LogP contribution is 2.31. The van der Waals surface area contributed by atoms with Crippen LogP contribution in [0.3, 0.4) is 0 Å². The van der Waals surface area contributed by atoms with Gasteiger partial charge < -0.3 is 5.32 Å². The molecule has 1 N–H and O–H groups in total. The standard InChI is InChI=1S/C16H17F3N6/c1-9(2)14(12-5-4-11(7-20-12)16(17,18)19)24-13-6-10(3)23-15-21-8-22-25(13)15/h4-9,14,24H,1-3H3. The van der Waals surface area contributed by atoms with Crippen molar-refractivity contribution in [2.45, 2.75) is 33.0 Å². The van der Waals surface area contributed by atoms with E-state index in [4.69, 9.17) is 0 Å². The molecule has 3 heterocycles. The highest BCUT2D eigenvalue weighted by atomic mass is 19.4. The third-order valence-electron chi connectivity index (χ3n) is 3.78. The predicted molar refractivity (Wildman–Crippen MR) is 86.0 cm³/mol. The molecule has 0 spiro atoms. The Bertz CT molecular complexity index is 870. The molecule has 0 amide bonds. The molecule has 0 saturated carbocycles. The molecule has 0 saturated heterocycles. The second-order valence-corrected chi connectivity index (χ2v) is 6.09. The van der Waals surface area contributed by atoms with Gasteiger partial charge in [0.1, 0.15) is 12.1 Å². The molecule has 9 heteroatoms. The highest BCUT2D eigenvalue weighted by molar-refractivity contribution is 5.46. The van der Waals surface area contributed by atoms with Crippen molar-refractivity contribution in [3.05, 3.63) is 47.7 Å². The smallest absolute Gasteiger partial charge is 0.361 e. The van der Waals surface area contributed by atoms with Crippen LogP contribution in [0.4, 0.5) is 19.0 Å². The van der Waals surface area contributed by atoms with Crippen molar-refractivity contribution >= 4 is 11.6 Å². The number of nitrogens with one attached hydrogen (secondary N) is 1. The Morgan fingerprint density at radius 2 is 1.92 bits per heavy atom. The minimum Gasteiger partial charge on any atom is -0.361 e. The normalized spacial score (nSPS) is 13.4. The summed E-state index contributed by atoms with van der Waals surface area (Å²) in [4.78, 5) is 12.3. The quantitative estimate of drug-likeness (QED) is 0.778. The first kappa shape index (κ1) is 17.1. The van der Waals surface area contributed by atoms with Gasteiger partial charge in [0, 0.05) is 18.0 Å². The maximum Gasteiger partial charge on any atom is 0.417 e. The van der Waals surface area contributed by atoms with Crippen LogP contribution in [-0.4, -0.2) is 24.6 Å². The van der Waals surface area contributed by atoms with Crippen LogP contribution >= 0.6 is 0 Å². The fourth-order valence-electron chi connectivity index (χ4n) is 2.53. The first-order chi connectivity index (χ1) is 11.8. The lowest BCUT2D eigenvalue weighted by Crippen LogP contribution is -2.20. The zero-order chi connectivity index (χ0) is 18.2. The van der Waals surface area contributed by atoms with Crippen LogP contribution in [0, 0.1) is 12.8 Å². The Hall–Kier alpha value is -2.71. The lowest BCUT2D eigenvalue weighted by atomic mass is 10.00. The van der Waals surface area contributed by atoms with Crippen molar-refractivity contribution in [2.75, 3.05) is 5.32 Å². The van der Waals surface area contributed by atoms with Gasteiger partial charge in [-0.25, -0.2) is 4.98 Å².